The van der Waals surface area contributed by atoms with Gasteiger partial charge in [0, 0.05) is 32.2 Å². The lowest BCUT2D eigenvalue weighted by molar-refractivity contribution is -0.137. The molecule has 0 aromatic heterocycles. The van der Waals surface area contributed by atoms with Crippen LogP contribution in [0.4, 0.5) is 18.9 Å². The third-order valence-electron chi connectivity index (χ3n) is 7.89. The molecule has 36 heavy (non-hydrogen) atoms. The summed E-state index contributed by atoms with van der Waals surface area (Å²) in [5.41, 5.74) is 1.31. The highest BCUT2D eigenvalue weighted by Gasteiger charge is 2.48. The third kappa shape index (κ3) is 4.62. The van der Waals surface area contributed by atoms with E-state index in [9.17, 15) is 18.0 Å². The van der Waals surface area contributed by atoms with Crippen molar-refractivity contribution < 1.29 is 22.7 Å². The van der Waals surface area contributed by atoms with Crippen molar-refractivity contribution in [1.82, 2.24) is 10.2 Å². The van der Waals surface area contributed by atoms with Gasteiger partial charge in [-0.25, -0.2) is 0 Å². The predicted molar refractivity (Wildman–Crippen MR) is 129 cm³/mol. The molecule has 3 heterocycles. The summed E-state index contributed by atoms with van der Waals surface area (Å²) in [6.07, 6.45) is -1.37. The van der Waals surface area contributed by atoms with E-state index in [2.05, 4.69) is 22.3 Å². The van der Waals surface area contributed by atoms with Crippen LogP contribution in [0, 0.1) is 16.7 Å². The fourth-order valence-corrected chi connectivity index (χ4v) is 5.92. The molecule has 1 atom stereocenters. The number of amides is 1. The lowest BCUT2D eigenvalue weighted by Crippen LogP contribution is -2.42. The Labute approximate surface area is 208 Å². The molecule has 0 aliphatic carbocycles. The number of rotatable bonds is 4. The average molecular weight is 499 g/mol. The van der Waals surface area contributed by atoms with Crippen LogP contribution in [-0.2, 0) is 23.9 Å². The molecule has 2 aromatic rings. The molecular weight excluding hydrogens is 469 g/mol. The van der Waals surface area contributed by atoms with Crippen molar-refractivity contribution >= 4 is 11.6 Å². The van der Waals surface area contributed by atoms with Gasteiger partial charge in [0.15, 0.2) is 0 Å². The van der Waals surface area contributed by atoms with Gasteiger partial charge in [0.1, 0.15) is 11.8 Å². The van der Waals surface area contributed by atoms with Gasteiger partial charge in [0.2, 0.25) is 5.91 Å². The van der Waals surface area contributed by atoms with Crippen molar-refractivity contribution in [3.8, 4) is 11.8 Å². The third-order valence-corrected chi connectivity index (χ3v) is 7.89. The molecule has 0 bridgehead atoms. The predicted octanol–water partition coefficient (Wildman–Crippen LogP) is 4.12. The number of hydrogen-bond acceptors (Lipinski definition) is 5. The molecule has 3 aliphatic rings. The highest BCUT2D eigenvalue weighted by molar-refractivity contribution is 5.86. The first-order valence-corrected chi connectivity index (χ1v) is 12.3. The Morgan fingerprint density at radius 2 is 2.00 bits per heavy atom. The number of benzene rings is 2. The van der Waals surface area contributed by atoms with E-state index in [1.807, 2.05) is 6.07 Å². The van der Waals surface area contributed by atoms with E-state index in [-0.39, 0.29) is 11.3 Å². The standard InChI is InChI=1S/C27H29F3N4O2/c1-32-25(35)23-14-26(17-34(23)21-4-3-20(15-31)22(13-21)27(28,29)30)7-9-33(10-8-26)16-18-2-5-24-19(12-18)6-11-36-24/h2-5,12-13,23H,6-11,14,16-17H2,1H3,(H,32,35). The molecule has 2 saturated heterocycles. The van der Waals surface area contributed by atoms with Crippen LogP contribution in [0.15, 0.2) is 36.4 Å². The Bertz CT molecular complexity index is 1200. The number of likely N-dealkylation sites (tertiary alicyclic amines) is 1. The van der Waals surface area contributed by atoms with Crippen LogP contribution in [0.25, 0.3) is 0 Å². The Kier molecular flexibility index (Phi) is 6.33. The fourth-order valence-electron chi connectivity index (χ4n) is 5.92. The van der Waals surface area contributed by atoms with E-state index in [4.69, 9.17) is 10.00 Å². The van der Waals surface area contributed by atoms with Gasteiger partial charge in [-0.3, -0.25) is 9.69 Å². The number of carbonyl (C=O) groups is 1. The van der Waals surface area contributed by atoms with Crippen LogP contribution in [0.5, 0.6) is 5.75 Å². The van der Waals surface area contributed by atoms with Gasteiger partial charge in [0.05, 0.1) is 23.8 Å². The molecule has 6 nitrogen and oxygen atoms in total. The first-order valence-electron chi connectivity index (χ1n) is 12.3. The molecule has 0 saturated carbocycles. The zero-order valence-corrected chi connectivity index (χ0v) is 20.2. The number of alkyl halides is 3. The van der Waals surface area contributed by atoms with Crippen molar-refractivity contribution in [2.24, 2.45) is 5.41 Å². The van der Waals surface area contributed by atoms with Gasteiger partial charge in [-0.05, 0) is 73.2 Å². The van der Waals surface area contributed by atoms with Crippen LogP contribution in [0.2, 0.25) is 0 Å². The van der Waals surface area contributed by atoms with Gasteiger partial charge in [-0.1, -0.05) is 12.1 Å². The summed E-state index contributed by atoms with van der Waals surface area (Å²) in [5.74, 6) is 0.770. The number of likely N-dealkylation sites (N-methyl/N-ethyl adjacent to an activating group) is 1. The molecule has 1 N–H and O–H groups in total. The molecule has 0 radical (unpaired) electrons. The summed E-state index contributed by atoms with van der Waals surface area (Å²) in [5, 5.41) is 11.8. The van der Waals surface area contributed by atoms with Gasteiger partial charge in [0.25, 0.3) is 0 Å². The number of ether oxygens (including phenoxy) is 1. The molecule has 2 fully saturated rings. The minimum absolute atomic E-state index is 0.147. The monoisotopic (exact) mass is 498 g/mol. The number of fused-ring (bicyclic) bond motifs is 1. The van der Waals surface area contributed by atoms with Crippen molar-refractivity contribution in [3.05, 3.63) is 58.7 Å². The lowest BCUT2D eigenvalue weighted by Gasteiger charge is -2.39. The minimum Gasteiger partial charge on any atom is -0.493 e. The van der Waals surface area contributed by atoms with Crippen molar-refractivity contribution in [1.29, 1.82) is 5.26 Å². The van der Waals surface area contributed by atoms with Crippen LogP contribution >= 0.6 is 0 Å². The highest BCUT2D eigenvalue weighted by Crippen LogP contribution is 2.46. The second-order valence-electron chi connectivity index (χ2n) is 10.1. The van der Waals surface area contributed by atoms with Gasteiger partial charge in [-0.2, -0.15) is 18.4 Å². The largest absolute Gasteiger partial charge is 0.493 e. The average Bonchev–Trinajstić information content (AvgIpc) is 3.49. The smallest absolute Gasteiger partial charge is 0.417 e. The molecule has 1 spiro atoms. The van der Waals surface area contributed by atoms with Crippen LogP contribution in [-0.4, -0.2) is 50.1 Å². The van der Waals surface area contributed by atoms with E-state index in [0.717, 1.165) is 57.3 Å². The van der Waals surface area contributed by atoms with Crippen LogP contribution in [0.3, 0.4) is 0 Å². The van der Waals surface area contributed by atoms with E-state index >= 15 is 0 Å². The quantitative estimate of drug-likeness (QED) is 0.687. The summed E-state index contributed by atoms with van der Waals surface area (Å²) in [6, 6.07) is 11.2. The maximum atomic E-state index is 13.6. The second-order valence-corrected chi connectivity index (χ2v) is 10.1. The van der Waals surface area contributed by atoms with E-state index < -0.39 is 23.3 Å². The number of carbonyl (C=O) groups excluding carboxylic acids is 1. The Balaban J connectivity index is 1.32. The summed E-state index contributed by atoms with van der Waals surface area (Å²) in [6.45, 7) is 3.82. The summed E-state index contributed by atoms with van der Waals surface area (Å²) in [4.78, 5) is 17.0. The summed E-state index contributed by atoms with van der Waals surface area (Å²) in [7, 11) is 1.55. The number of hydrogen-bond donors (Lipinski definition) is 1. The number of nitrogens with one attached hydrogen (secondary N) is 1. The fraction of sp³-hybridized carbons (Fsp3) is 0.481. The molecular formula is C27H29F3N4O2. The second kappa shape index (κ2) is 9.32. The van der Waals surface area contributed by atoms with E-state index in [0.29, 0.717) is 18.7 Å². The molecule has 190 valence electrons. The van der Waals surface area contributed by atoms with Crippen molar-refractivity contribution in [2.45, 2.75) is 44.4 Å². The van der Waals surface area contributed by atoms with Gasteiger partial charge < -0.3 is 15.0 Å². The van der Waals surface area contributed by atoms with Crippen LogP contribution < -0.4 is 15.0 Å². The first-order chi connectivity index (χ1) is 17.2. The Hall–Kier alpha value is -3.25. The molecule has 3 aliphatic heterocycles. The first kappa shape index (κ1) is 24.4. The zero-order valence-electron chi connectivity index (χ0n) is 20.2. The molecule has 2 aromatic carbocycles. The number of nitrogens with zero attached hydrogens (tertiary/aromatic N) is 3. The van der Waals surface area contributed by atoms with Crippen LogP contribution in [0.1, 0.15) is 41.5 Å². The Morgan fingerprint density at radius 1 is 1.22 bits per heavy atom. The molecule has 1 amide bonds. The molecule has 1 unspecified atom stereocenters. The summed E-state index contributed by atoms with van der Waals surface area (Å²) >= 11 is 0. The topological polar surface area (TPSA) is 68.6 Å². The normalized spacial score (nSPS) is 21.2. The highest BCUT2D eigenvalue weighted by atomic mass is 19.4. The Morgan fingerprint density at radius 3 is 2.69 bits per heavy atom. The van der Waals surface area contributed by atoms with E-state index in [1.54, 1.807) is 18.0 Å². The maximum absolute atomic E-state index is 13.6. The molecule has 9 heteroatoms. The summed E-state index contributed by atoms with van der Waals surface area (Å²) < 4.78 is 46.4. The SMILES string of the molecule is CNC(=O)C1CC2(CCN(Cc3ccc4c(c3)CCO4)CC2)CN1c1ccc(C#N)c(C(F)(F)F)c1. The number of nitriles is 1. The number of anilines is 1. The number of halogens is 3. The minimum atomic E-state index is -4.64. The van der Waals surface area contributed by atoms with Gasteiger partial charge >= 0.3 is 6.18 Å². The van der Waals surface area contributed by atoms with Crippen molar-refractivity contribution in [2.75, 3.05) is 38.2 Å². The van der Waals surface area contributed by atoms with Crippen molar-refractivity contribution in [3.63, 3.8) is 0 Å². The van der Waals surface area contributed by atoms with E-state index in [1.165, 1.54) is 23.3 Å². The zero-order chi connectivity index (χ0) is 25.5. The lowest BCUT2D eigenvalue weighted by atomic mass is 9.76. The maximum Gasteiger partial charge on any atom is 0.417 e. The van der Waals surface area contributed by atoms with Gasteiger partial charge in [-0.15, -0.1) is 0 Å². The molecule has 5 rings (SSSR count). The number of piperidine rings is 1.